The van der Waals surface area contributed by atoms with Crippen molar-refractivity contribution in [2.75, 3.05) is 40.3 Å². The molecule has 0 bridgehead atoms. The number of rotatable bonds is 5. The number of likely N-dealkylation sites (N-methyl/N-ethyl adjacent to an activating group) is 1. The van der Waals surface area contributed by atoms with Gasteiger partial charge in [0.25, 0.3) is 0 Å². The van der Waals surface area contributed by atoms with Crippen molar-refractivity contribution in [3.63, 3.8) is 0 Å². The lowest BCUT2D eigenvalue weighted by Crippen LogP contribution is -2.51. The van der Waals surface area contributed by atoms with E-state index in [4.69, 9.17) is 4.74 Å². The molecule has 0 spiro atoms. The molecule has 2 unspecified atom stereocenters. The van der Waals surface area contributed by atoms with E-state index in [9.17, 15) is 9.18 Å². The maximum Gasteiger partial charge on any atom is 0.243 e. The van der Waals surface area contributed by atoms with Crippen LogP contribution in [0.4, 0.5) is 4.39 Å². The fourth-order valence-corrected chi connectivity index (χ4v) is 2.77. The van der Waals surface area contributed by atoms with Crippen LogP contribution in [0.3, 0.4) is 0 Å². The number of nitrogens with zero attached hydrogens (tertiary/aromatic N) is 3. The molecular formula is C19H29FN4O2. The molecule has 0 aliphatic carbocycles. The number of aliphatic imine (C=N–C) groups is 1. The van der Waals surface area contributed by atoms with Gasteiger partial charge in [0.15, 0.2) is 5.96 Å². The van der Waals surface area contributed by atoms with Crippen LogP contribution < -0.4 is 5.32 Å². The Bertz CT molecular complexity index is 618. The molecule has 2 rings (SSSR count). The van der Waals surface area contributed by atoms with E-state index in [0.717, 1.165) is 18.5 Å². The van der Waals surface area contributed by atoms with Crippen molar-refractivity contribution in [1.82, 2.24) is 15.1 Å². The standard InChI is InChI=1S/C19H29FN4O2/c1-5-10-21-19(22-11-18(25)23(3)4)24-12-14(2)26-17(13-24)15-6-8-16(20)9-7-15/h6-9,14,17H,5,10-13H2,1-4H3,(H,21,22). The Morgan fingerprint density at radius 3 is 2.65 bits per heavy atom. The summed E-state index contributed by atoms with van der Waals surface area (Å²) in [7, 11) is 3.44. The second kappa shape index (κ2) is 9.52. The second-order valence-electron chi connectivity index (χ2n) is 6.75. The van der Waals surface area contributed by atoms with E-state index < -0.39 is 0 Å². The SMILES string of the molecule is CCCNC(=NCC(=O)N(C)C)N1CC(C)OC(c2ccc(F)cc2)C1. The van der Waals surface area contributed by atoms with E-state index in [1.807, 2.05) is 6.92 Å². The molecule has 144 valence electrons. The predicted octanol–water partition coefficient (Wildman–Crippen LogP) is 2.03. The molecule has 1 amide bonds. The number of hydrogen-bond donors (Lipinski definition) is 1. The van der Waals surface area contributed by atoms with E-state index in [-0.39, 0.29) is 30.5 Å². The van der Waals surface area contributed by atoms with Crippen LogP contribution in [-0.2, 0) is 9.53 Å². The van der Waals surface area contributed by atoms with Crippen LogP contribution in [0, 0.1) is 5.82 Å². The number of hydrogen-bond acceptors (Lipinski definition) is 3. The molecule has 2 atom stereocenters. The molecule has 0 radical (unpaired) electrons. The van der Waals surface area contributed by atoms with Crippen molar-refractivity contribution < 1.29 is 13.9 Å². The molecule has 6 nitrogen and oxygen atoms in total. The highest BCUT2D eigenvalue weighted by Gasteiger charge is 2.28. The molecule has 0 aromatic heterocycles. The quantitative estimate of drug-likeness (QED) is 0.642. The maximum atomic E-state index is 13.2. The van der Waals surface area contributed by atoms with Crippen LogP contribution in [0.15, 0.2) is 29.3 Å². The van der Waals surface area contributed by atoms with E-state index in [2.05, 4.69) is 22.1 Å². The molecule has 1 aliphatic rings. The van der Waals surface area contributed by atoms with E-state index in [1.165, 1.54) is 17.0 Å². The summed E-state index contributed by atoms with van der Waals surface area (Å²) in [5, 5.41) is 3.32. The van der Waals surface area contributed by atoms with E-state index >= 15 is 0 Å². The highest BCUT2D eigenvalue weighted by molar-refractivity contribution is 5.85. The number of carbonyl (C=O) groups excluding carboxylic acids is 1. The Balaban J connectivity index is 2.15. The summed E-state index contributed by atoms with van der Waals surface area (Å²) in [4.78, 5) is 20.0. The fourth-order valence-electron chi connectivity index (χ4n) is 2.77. The summed E-state index contributed by atoms with van der Waals surface area (Å²) in [5.41, 5.74) is 0.933. The van der Waals surface area contributed by atoms with Gasteiger partial charge in [0, 0.05) is 27.2 Å². The lowest BCUT2D eigenvalue weighted by Gasteiger charge is -2.38. The number of carbonyl (C=O) groups is 1. The normalized spacial score (nSPS) is 20.8. The van der Waals surface area contributed by atoms with Gasteiger partial charge in [-0.25, -0.2) is 9.38 Å². The average molecular weight is 364 g/mol. The average Bonchev–Trinajstić information content (AvgIpc) is 2.61. The molecule has 1 aromatic rings. The minimum Gasteiger partial charge on any atom is -0.367 e. The van der Waals surface area contributed by atoms with Crippen molar-refractivity contribution >= 4 is 11.9 Å². The predicted molar refractivity (Wildman–Crippen MR) is 101 cm³/mol. The third kappa shape index (κ3) is 5.69. The molecular weight excluding hydrogens is 335 g/mol. The Kier molecular flexibility index (Phi) is 7.38. The largest absolute Gasteiger partial charge is 0.367 e. The van der Waals surface area contributed by atoms with Crippen molar-refractivity contribution in [3.05, 3.63) is 35.6 Å². The van der Waals surface area contributed by atoms with Gasteiger partial charge in [-0.3, -0.25) is 4.79 Å². The lowest BCUT2D eigenvalue weighted by atomic mass is 10.1. The zero-order valence-electron chi connectivity index (χ0n) is 16.0. The summed E-state index contributed by atoms with van der Waals surface area (Å²) in [6.45, 7) is 6.25. The Labute approximate surface area is 155 Å². The van der Waals surface area contributed by atoms with Crippen LogP contribution in [0.1, 0.15) is 31.9 Å². The first-order valence-corrected chi connectivity index (χ1v) is 9.05. The zero-order valence-corrected chi connectivity index (χ0v) is 16.0. The fraction of sp³-hybridized carbons (Fsp3) is 0.579. The number of morpholine rings is 1. The molecule has 26 heavy (non-hydrogen) atoms. The van der Waals surface area contributed by atoms with Gasteiger partial charge >= 0.3 is 0 Å². The summed E-state index contributed by atoms with van der Waals surface area (Å²) in [5.74, 6) is 0.407. The number of halogens is 1. The highest BCUT2D eigenvalue weighted by atomic mass is 19.1. The van der Waals surface area contributed by atoms with Gasteiger partial charge in [-0.05, 0) is 31.0 Å². The molecule has 1 heterocycles. The number of guanidine groups is 1. The highest BCUT2D eigenvalue weighted by Crippen LogP contribution is 2.25. The van der Waals surface area contributed by atoms with Crippen LogP contribution in [-0.4, -0.2) is 68.0 Å². The minimum absolute atomic E-state index is 0.00280. The number of ether oxygens (including phenoxy) is 1. The van der Waals surface area contributed by atoms with Crippen LogP contribution >= 0.6 is 0 Å². The zero-order chi connectivity index (χ0) is 19.1. The topological polar surface area (TPSA) is 57.2 Å². The number of benzene rings is 1. The summed E-state index contributed by atoms with van der Waals surface area (Å²) in [6, 6.07) is 6.40. The monoisotopic (exact) mass is 364 g/mol. The smallest absolute Gasteiger partial charge is 0.243 e. The molecule has 1 saturated heterocycles. The van der Waals surface area contributed by atoms with Gasteiger partial charge in [-0.2, -0.15) is 0 Å². The number of nitrogens with one attached hydrogen (secondary N) is 1. The molecule has 1 N–H and O–H groups in total. The Morgan fingerprint density at radius 1 is 1.35 bits per heavy atom. The molecule has 1 aliphatic heterocycles. The Hall–Kier alpha value is -2.15. The van der Waals surface area contributed by atoms with Crippen LogP contribution in [0.2, 0.25) is 0 Å². The first kappa shape index (κ1) is 20.2. The van der Waals surface area contributed by atoms with Crippen molar-refractivity contribution in [1.29, 1.82) is 0 Å². The van der Waals surface area contributed by atoms with Gasteiger partial charge in [-0.1, -0.05) is 19.1 Å². The minimum atomic E-state index is -0.261. The number of amides is 1. The van der Waals surface area contributed by atoms with E-state index in [0.29, 0.717) is 19.0 Å². The summed E-state index contributed by atoms with van der Waals surface area (Å²) >= 11 is 0. The first-order chi connectivity index (χ1) is 12.4. The van der Waals surface area contributed by atoms with E-state index in [1.54, 1.807) is 26.2 Å². The third-order valence-corrected chi connectivity index (χ3v) is 4.20. The molecule has 1 aromatic carbocycles. The molecule has 1 fully saturated rings. The Morgan fingerprint density at radius 2 is 2.04 bits per heavy atom. The second-order valence-corrected chi connectivity index (χ2v) is 6.75. The molecule has 7 heteroatoms. The van der Waals surface area contributed by atoms with Gasteiger partial charge in [0.1, 0.15) is 18.5 Å². The third-order valence-electron chi connectivity index (χ3n) is 4.20. The van der Waals surface area contributed by atoms with Gasteiger partial charge in [-0.15, -0.1) is 0 Å². The van der Waals surface area contributed by atoms with Crippen LogP contribution in [0.5, 0.6) is 0 Å². The maximum absolute atomic E-state index is 13.2. The van der Waals surface area contributed by atoms with Gasteiger partial charge < -0.3 is 19.9 Å². The van der Waals surface area contributed by atoms with Crippen molar-refractivity contribution in [2.45, 2.75) is 32.5 Å². The van der Waals surface area contributed by atoms with Crippen molar-refractivity contribution in [3.8, 4) is 0 Å². The summed E-state index contributed by atoms with van der Waals surface area (Å²) in [6.07, 6.45) is 0.788. The van der Waals surface area contributed by atoms with Crippen LogP contribution in [0.25, 0.3) is 0 Å². The van der Waals surface area contributed by atoms with Gasteiger partial charge in [0.2, 0.25) is 5.91 Å². The van der Waals surface area contributed by atoms with Crippen molar-refractivity contribution in [2.24, 2.45) is 4.99 Å². The first-order valence-electron chi connectivity index (χ1n) is 9.05. The van der Waals surface area contributed by atoms with Gasteiger partial charge in [0.05, 0.1) is 12.6 Å². The lowest BCUT2D eigenvalue weighted by molar-refractivity contribution is -0.127. The molecule has 0 saturated carbocycles. The summed E-state index contributed by atoms with van der Waals surface area (Å²) < 4.78 is 19.2.